The van der Waals surface area contributed by atoms with E-state index in [1.54, 1.807) is 18.2 Å². The van der Waals surface area contributed by atoms with Crippen LogP contribution in [-0.2, 0) is 0 Å². The van der Waals surface area contributed by atoms with E-state index in [1.165, 1.54) is 0 Å². The van der Waals surface area contributed by atoms with Gasteiger partial charge in [0.05, 0.1) is 5.56 Å². The highest BCUT2D eigenvalue weighted by Crippen LogP contribution is 2.20. The van der Waals surface area contributed by atoms with E-state index in [4.69, 9.17) is 23.2 Å². The number of benzene rings is 1. The Hall–Kier alpha value is -0.250. The van der Waals surface area contributed by atoms with Crippen LogP contribution in [0.1, 0.15) is 23.2 Å². The number of hydrogen-bond acceptors (Lipinski definition) is 1. The Morgan fingerprint density at radius 1 is 1.38 bits per heavy atom. The first-order valence-corrected chi connectivity index (χ1v) is 6.65. The van der Waals surface area contributed by atoms with Crippen LogP contribution in [0.4, 0.5) is 0 Å². The van der Waals surface area contributed by atoms with Gasteiger partial charge in [-0.15, -0.1) is 11.6 Å². The molecule has 0 aliphatic carbocycles. The van der Waals surface area contributed by atoms with E-state index in [-0.39, 0.29) is 5.91 Å². The molecule has 0 atom stereocenters. The van der Waals surface area contributed by atoms with Gasteiger partial charge in [-0.1, -0.05) is 11.6 Å². The van der Waals surface area contributed by atoms with Crippen LogP contribution in [0.5, 0.6) is 0 Å². The predicted molar refractivity (Wildman–Crippen MR) is 71.4 cm³/mol. The molecule has 5 heteroatoms. The summed E-state index contributed by atoms with van der Waals surface area (Å²) in [5.41, 5.74) is 0.554. The second kappa shape index (κ2) is 7.15. The Labute approximate surface area is 113 Å². The maximum atomic E-state index is 11.7. The van der Waals surface area contributed by atoms with Crippen LogP contribution < -0.4 is 5.32 Å². The zero-order chi connectivity index (χ0) is 12.0. The number of alkyl halides is 1. The Morgan fingerprint density at radius 2 is 2.12 bits per heavy atom. The molecule has 1 amide bonds. The molecule has 0 unspecified atom stereocenters. The van der Waals surface area contributed by atoms with E-state index < -0.39 is 0 Å². The molecule has 88 valence electrons. The number of carbonyl (C=O) groups excluding carboxylic acids is 1. The second-order valence-corrected chi connectivity index (χ2v) is 4.94. The summed E-state index contributed by atoms with van der Waals surface area (Å²) in [7, 11) is 0. The normalized spacial score (nSPS) is 10.2. The fraction of sp³-hybridized carbons (Fsp3) is 0.364. The number of hydrogen-bond donors (Lipinski definition) is 1. The Kier molecular flexibility index (Phi) is 6.17. The summed E-state index contributed by atoms with van der Waals surface area (Å²) in [4.78, 5) is 11.7. The third-order valence-corrected chi connectivity index (χ3v) is 3.21. The molecule has 0 heterocycles. The van der Waals surface area contributed by atoms with Crippen molar-refractivity contribution in [1.29, 1.82) is 0 Å². The van der Waals surface area contributed by atoms with Gasteiger partial charge in [-0.2, -0.15) is 0 Å². The first kappa shape index (κ1) is 13.8. The highest BCUT2D eigenvalue weighted by atomic mass is 79.9. The van der Waals surface area contributed by atoms with Crippen molar-refractivity contribution in [2.45, 2.75) is 12.8 Å². The molecule has 0 spiro atoms. The van der Waals surface area contributed by atoms with Gasteiger partial charge < -0.3 is 5.32 Å². The lowest BCUT2D eigenvalue weighted by Crippen LogP contribution is -2.24. The van der Waals surface area contributed by atoms with Crippen molar-refractivity contribution in [3.8, 4) is 0 Å². The highest BCUT2D eigenvalue weighted by Gasteiger charge is 2.09. The molecule has 0 fully saturated rings. The molecule has 2 nitrogen and oxygen atoms in total. The van der Waals surface area contributed by atoms with Gasteiger partial charge in [0.1, 0.15) is 0 Å². The van der Waals surface area contributed by atoms with Gasteiger partial charge in [-0.25, -0.2) is 0 Å². The maximum Gasteiger partial charge on any atom is 0.252 e. The van der Waals surface area contributed by atoms with Crippen molar-refractivity contribution in [1.82, 2.24) is 5.32 Å². The topological polar surface area (TPSA) is 29.1 Å². The number of rotatable bonds is 5. The van der Waals surface area contributed by atoms with Crippen molar-refractivity contribution in [2.24, 2.45) is 0 Å². The summed E-state index contributed by atoms with van der Waals surface area (Å²) in [6, 6.07) is 5.13. The molecule has 1 aromatic rings. The molecule has 0 aliphatic heterocycles. The molecule has 16 heavy (non-hydrogen) atoms. The van der Waals surface area contributed by atoms with E-state index in [9.17, 15) is 4.79 Å². The smallest absolute Gasteiger partial charge is 0.252 e. The molecule has 0 aromatic heterocycles. The first-order chi connectivity index (χ1) is 7.65. The molecular weight excluding hydrogens is 313 g/mol. The van der Waals surface area contributed by atoms with Crippen LogP contribution in [0, 0.1) is 0 Å². The van der Waals surface area contributed by atoms with Gasteiger partial charge in [-0.3, -0.25) is 4.79 Å². The minimum absolute atomic E-state index is 0.121. The zero-order valence-corrected chi connectivity index (χ0v) is 11.7. The lowest BCUT2D eigenvalue weighted by atomic mass is 10.2. The molecule has 0 bridgehead atoms. The number of nitrogens with one attached hydrogen (secondary N) is 1. The summed E-state index contributed by atoms with van der Waals surface area (Å²) >= 11 is 14.7. The minimum Gasteiger partial charge on any atom is -0.352 e. The first-order valence-electron chi connectivity index (χ1n) is 4.94. The van der Waals surface area contributed by atoms with Crippen molar-refractivity contribution >= 4 is 45.0 Å². The van der Waals surface area contributed by atoms with Crippen LogP contribution in [-0.4, -0.2) is 18.3 Å². The fourth-order valence-corrected chi connectivity index (χ4v) is 1.98. The van der Waals surface area contributed by atoms with Crippen LogP contribution in [0.3, 0.4) is 0 Å². The van der Waals surface area contributed by atoms with Gasteiger partial charge in [-0.05, 0) is 47.0 Å². The Balaban J connectivity index is 2.55. The van der Waals surface area contributed by atoms with E-state index in [1.807, 2.05) is 0 Å². The number of halogens is 3. The van der Waals surface area contributed by atoms with Gasteiger partial charge >= 0.3 is 0 Å². The van der Waals surface area contributed by atoms with Gasteiger partial charge in [0.25, 0.3) is 5.91 Å². The molecule has 0 aliphatic rings. The second-order valence-electron chi connectivity index (χ2n) is 3.28. The van der Waals surface area contributed by atoms with Crippen molar-refractivity contribution in [2.75, 3.05) is 12.4 Å². The third-order valence-electron chi connectivity index (χ3n) is 2.02. The zero-order valence-electron chi connectivity index (χ0n) is 8.60. The number of amides is 1. The number of unbranched alkanes of at least 4 members (excludes halogenated alkanes) is 1. The predicted octanol–water partition coefficient (Wildman–Crippen LogP) is 3.85. The minimum atomic E-state index is -0.121. The lowest BCUT2D eigenvalue weighted by molar-refractivity contribution is 0.0952. The van der Waals surface area contributed by atoms with Crippen LogP contribution in [0.25, 0.3) is 0 Å². The average Bonchev–Trinajstić information content (AvgIpc) is 2.27. The van der Waals surface area contributed by atoms with Crippen LogP contribution in [0.2, 0.25) is 5.02 Å². The molecule has 0 saturated heterocycles. The van der Waals surface area contributed by atoms with Crippen LogP contribution >= 0.6 is 39.1 Å². The van der Waals surface area contributed by atoms with E-state index in [0.717, 1.165) is 17.3 Å². The molecule has 0 radical (unpaired) electrons. The number of carbonyl (C=O) groups is 1. The SMILES string of the molecule is O=C(NCCCCCl)c1cc(Cl)ccc1Br. The summed E-state index contributed by atoms with van der Waals surface area (Å²) in [5.74, 6) is 0.500. The van der Waals surface area contributed by atoms with Crippen molar-refractivity contribution in [3.05, 3.63) is 33.3 Å². The summed E-state index contributed by atoms with van der Waals surface area (Å²) in [5, 5.41) is 3.37. The van der Waals surface area contributed by atoms with E-state index in [2.05, 4.69) is 21.2 Å². The van der Waals surface area contributed by atoms with Crippen LogP contribution in [0.15, 0.2) is 22.7 Å². The van der Waals surface area contributed by atoms with Gasteiger partial charge in [0.2, 0.25) is 0 Å². The molecule has 1 N–H and O–H groups in total. The van der Waals surface area contributed by atoms with Gasteiger partial charge in [0.15, 0.2) is 0 Å². The monoisotopic (exact) mass is 323 g/mol. The lowest BCUT2D eigenvalue weighted by Gasteiger charge is -2.06. The Bertz CT molecular complexity index is 371. The van der Waals surface area contributed by atoms with Gasteiger partial charge in [0, 0.05) is 21.9 Å². The third kappa shape index (κ3) is 4.32. The quantitative estimate of drug-likeness (QED) is 0.647. The molecular formula is C11H12BrCl2NO. The molecule has 1 aromatic carbocycles. The largest absolute Gasteiger partial charge is 0.352 e. The summed E-state index contributed by atoms with van der Waals surface area (Å²) in [6.07, 6.45) is 1.78. The Morgan fingerprint density at radius 3 is 2.81 bits per heavy atom. The highest BCUT2D eigenvalue weighted by molar-refractivity contribution is 9.10. The summed E-state index contributed by atoms with van der Waals surface area (Å²) < 4.78 is 0.742. The van der Waals surface area contributed by atoms with Crippen molar-refractivity contribution in [3.63, 3.8) is 0 Å². The maximum absolute atomic E-state index is 11.7. The van der Waals surface area contributed by atoms with E-state index >= 15 is 0 Å². The van der Waals surface area contributed by atoms with E-state index in [0.29, 0.717) is 23.0 Å². The standard InChI is InChI=1S/C11H12BrCl2NO/c12-10-4-3-8(14)7-9(10)11(16)15-6-2-1-5-13/h3-4,7H,1-2,5-6H2,(H,15,16). The van der Waals surface area contributed by atoms with Crippen molar-refractivity contribution < 1.29 is 4.79 Å². The molecule has 1 rings (SSSR count). The average molecular weight is 325 g/mol. The molecule has 0 saturated carbocycles. The summed E-state index contributed by atoms with van der Waals surface area (Å²) in [6.45, 7) is 0.629. The fourth-order valence-electron chi connectivity index (χ4n) is 1.19.